The predicted octanol–water partition coefficient (Wildman–Crippen LogP) is 3.81. The van der Waals surface area contributed by atoms with Crippen LogP contribution < -0.4 is 5.32 Å². The number of thiazole rings is 1. The maximum atomic E-state index is 6.17. The third kappa shape index (κ3) is 2.58. The summed E-state index contributed by atoms with van der Waals surface area (Å²) in [6, 6.07) is 8.44. The minimum Gasteiger partial charge on any atom is -0.309 e. The Bertz CT molecular complexity index is 532. The van der Waals surface area contributed by atoms with Gasteiger partial charge in [0.1, 0.15) is 0 Å². The van der Waals surface area contributed by atoms with Gasteiger partial charge in [0, 0.05) is 16.8 Å². The van der Waals surface area contributed by atoms with E-state index in [1.54, 1.807) is 11.3 Å². The van der Waals surface area contributed by atoms with E-state index >= 15 is 0 Å². The zero-order valence-corrected chi connectivity index (χ0v) is 11.6. The molecule has 2 aromatic rings. The van der Waals surface area contributed by atoms with Gasteiger partial charge in [0.05, 0.1) is 16.7 Å². The summed E-state index contributed by atoms with van der Waals surface area (Å²) in [4.78, 5) is 4.73. The molecule has 0 unspecified atom stereocenters. The first-order chi connectivity index (χ1) is 8.83. The molecule has 4 heteroatoms. The quantitative estimate of drug-likeness (QED) is 0.923. The zero-order valence-electron chi connectivity index (χ0n) is 10.0. The van der Waals surface area contributed by atoms with Crippen molar-refractivity contribution >= 4 is 22.9 Å². The molecule has 1 N–H and O–H groups in total. The fourth-order valence-corrected chi connectivity index (χ4v) is 3.38. The van der Waals surface area contributed by atoms with E-state index < -0.39 is 0 Å². The summed E-state index contributed by atoms with van der Waals surface area (Å²) >= 11 is 7.90. The molecule has 1 aromatic carbocycles. The molecule has 0 radical (unpaired) electrons. The van der Waals surface area contributed by atoms with Crippen LogP contribution in [-0.2, 0) is 6.42 Å². The zero-order chi connectivity index (χ0) is 12.4. The van der Waals surface area contributed by atoms with Crippen LogP contribution in [0.5, 0.6) is 0 Å². The van der Waals surface area contributed by atoms with Crippen molar-refractivity contribution in [2.45, 2.75) is 25.3 Å². The topological polar surface area (TPSA) is 24.9 Å². The first kappa shape index (κ1) is 12.2. The summed E-state index contributed by atoms with van der Waals surface area (Å²) < 4.78 is 0. The molecule has 3 rings (SSSR count). The number of hydrogen-bond acceptors (Lipinski definition) is 3. The molecule has 0 spiro atoms. The predicted molar refractivity (Wildman–Crippen MR) is 76.3 cm³/mol. The van der Waals surface area contributed by atoms with Crippen LogP contribution in [0.4, 0.5) is 0 Å². The molecule has 0 saturated carbocycles. The highest BCUT2D eigenvalue weighted by atomic mass is 35.5. The number of benzene rings is 1. The van der Waals surface area contributed by atoms with Gasteiger partial charge in [-0.15, -0.1) is 11.3 Å². The molecule has 0 aliphatic carbocycles. The van der Waals surface area contributed by atoms with Crippen molar-refractivity contribution in [3.8, 4) is 0 Å². The second-order valence-corrected chi connectivity index (χ2v) is 5.93. The smallest absolute Gasteiger partial charge is 0.0973 e. The minimum absolute atomic E-state index is 0.459. The molecule has 1 aliphatic heterocycles. The monoisotopic (exact) mass is 278 g/mol. The number of rotatable bonds is 3. The highest BCUT2D eigenvalue weighted by molar-refractivity contribution is 7.09. The van der Waals surface area contributed by atoms with Crippen LogP contribution in [-0.4, -0.2) is 11.5 Å². The van der Waals surface area contributed by atoms with Crippen molar-refractivity contribution in [2.75, 3.05) is 6.54 Å². The summed E-state index contributed by atoms with van der Waals surface area (Å²) in [6.07, 6.45) is 3.29. The van der Waals surface area contributed by atoms with Crippen LogP contribution >= 0.6 is 22.9 Å². The maximum Gasteiger partial charge on any atom is 0.0973 e. The Hall–Kier alpha value is -0.900. The fraction of sp³-hybridized carbons (Fsp3) is 0.357. The lowest BCUT2D eigenvalue weighted by molar-refractivity contribution is 0.630. The van der Waals surface area contributed by atoms with Gasteiger partial charge < -0.3 is 5.32 Å². The van der Waals surface area contributed by atoms with Crippen LogP contribution in [0.3, 0.4) is 0 Å². The van der Waals surface area contributed by atoms with Crippen LogP contribution in [0.25, 0.3) is 0 Å². The number of nitrogens with one attached hydrogen (secondary N) is 1. The first-order valence-electron chi connectivity index (χ1n) is 6.24. The summed E-state index contributed by atoms with van der Waals surface area (Å²) in [6.45, 7) is 1.11. The van der Waals surface area contributed by atoms with Crippen LogP contribution in [0, 0.1) is 0 Å². The van der Waals surface area contributed by atoms with Crippen molar-refractivity contribution in [2.24, 2.45) is 0 Å². The normalized spacial score (nSPS) is 19.3. The Labute approximate surface area is 116 Å². The second-order valence-electron chi connectivity index (χ2n) is 4.58. The molecule has 2 heterocycles. The van der Waals surface area contributed by atoms with Crippen LogP contribution in [0.15, 0.2) is 29.6 Å². The number of hydrogen-bond donors (Lipinski definition) is 1. The minimum atomic E-state index is 0.459. The molecule has 2 nitrogen and oxygen atoms in total. The lowest BCUT2D eigenvalue weighted by Crippen LogP contribution is -2.13. The lowest BCUT2D eigenvalue weighted by atomic mass is 10.1. The second kappa shape index (κ2) is 5.39. The fourth-order valence-electron chi connectivity index (χ4n) is 2.31. The Balaban J connectivity index is 1.75. The summed E-state index contributed by atoms with van der Waals surface area (Å²) in [5.41, 5.74) is 2.35. The van der Waals surface area contributed by atoms with Crippen LogP contribution in [0.2, 0.25) is 5.02 Å². The van der Waals surface area contributed by atoms with Gasteiger partial charge in [0.25, 0.3) is 0 Å². The molecule has 1 aliphatic rings. The standard InChI is InChI=1S/C14H15ClN2S/c15-11-5-2-1-4-10(11)8-14-17-13(9-18-14)12-6-3-7-16-12/h1-2,4-5,9,12,16H,3,6-8H2/t12-/m0/s1. The van der Waals surface area contributed by atoms with Gasteiger partial charge in [0.15, 0.2) is 0 Å². The average Bonchev–Trinajstić information content (AvgIpc) is 3.02. The summed E-state index contributed by atoms with van der Waals surface area (Å²) in [5, 5.41) is 7.63. The van der Waals surface area contributed by atoms with E-state index in [1.807, 2.05) is 18.2 Å². The van der Waals surface area contributed by atoms with Crippen LogP contribution in [0.1, 0.15) is 35.1 Å². The third-order valence-electron chi connectivity index (χ3n) is 3.29. The Morgan fingerprint density at radius 1 is 1.39 bits per heavy atom. The number of halogens is 1. The van der Waals surface area contributed by atoms with Crippen molar-refractivity contribution in [1.29, 1.82) is 0 Å². The van der Waals surface area contributed by atoms with E-state index in [0.29, 0.717) is 6.04 Å². The van der Waals surface area contributed by atoms with E-state index in [4.69, 9.17) is 16.6 Å². The van der Waals surface area contributed by atoms with Gasteiger partial charge in [0.2, 0.25) is 0 Å². The van der Waals surface area contributed by atoms with E-state index in [9.17, 15) is 0 Å². The van der Waals surface area contributed by atoms with E-state index in [2.05, 4.69) is 16.8 Å². The van der Waals surface area contributed by atoms with Gasteiger partial charge in [-0.2, -0.15) is 0 Å². The van der Waals surface area contributed by atoms with Crippen molar-refractivity contribution < 1.29 is 0 Å². The molecule has 18 heavy (non-hydrogen) atoms. The van der Waals surface area contributed by atoms with Crippen molar-refractivity contribution in [1.82, 2.24) is 10.3 Å². The van der Waals surface area contributed by atoms with Gasteiger partial charge in [-0.3, -0.25) is 0 Å². The van der Waals surface area contributed by atoms with Gasteiger partial charge >= 0.3 is 0 Å². The van der Waals surface area contributed by atoms with Gasteiger partial charge in [-0.25, -0.2) is 4.98 Å². The number of nitrogens with zero attached hydrogens (tertiary/aromatic N) is 1. The molecular formula is C14H15ClN2S. The maximum absolute atomic E-state index is 6.17. The SMILES string of the molecule is Clc1ccccc1Cc1nc([C@@H]2CCCN2)cs1. The number of aromatic nitrogens is 1. The molecule has 1 aromatic heterocycles. The first-order valence-corrected chi connectivity index (χ1v) is 7.50. The third-order valence-corrected chi connectivity index (χ3v) is 4.52. The molecule has 1 atom stereocenters. The lowest BCUT2D eigenvalue weighted by Gasteiger charge is -2.05. The Morgan fingerprint density at radius 2 is 2.28 bits per heavy atom. The Morgan fingerprint density at radius 3 is 3.06 bits per heavy atom. The highest BCUT2D eigenvalue weighted by Crippen LogP contribution is 2.26. The molecular weight excluding hydrogens is 264 g/mol. The molecule has 0 amide bonds. The van der Waals surface area contributed by atoms with E-state index in [0.717, 1.165) is 28.6 Å². The van der Waals surface area contributed by atoms with Gasteiger partial charge in [-0.1, -0.05) is 29.8 Å². The highest BCUT2D eigenvalue weighted by Gasteiger charge is 2.18. The summed E-state index contributed by atoms with van der Waals surface area (Å²) in [7, 11) is 0. The molecule has 1 fully saturated rings. The van der Waals surface area contributed by atoms with Gasteiger partial charge in [-0.05, 0) is 31.0 Å². The van der Waals surface area contributed by atoms with E-state index in [-0.39, 0.29) is 0 Å². The van der Waals surface area contributed by atoms with Crippen molar-refractivity contribution in [3.05, 3.63) is 50.9 Å². The van der Waals surface area contributed by atoms with Crippen molar-refractivity contribution in [3.63, 3.8) is 0 Å². The summed E-state index contributed by atoms with van der Waals surface area (Å²) in [5.74, 6) is 0. The Kier molecular flexibility index (Phi) is 3.64. The van der Waals surface area contributed by atoms with E-state index in [1.165, 1.54) is 18.5 Å². The molecule has 1 saturated heterocycles. The average molecular weight is 279 g/mol. The molecule has 94 valence electrons. The molecule has 0 bridgehead atoms. The largest absolute Gasteiger partial charge is 0.309 e.